The van der Waals surface area contributed by atoms with Crippen molar-refractivity contribution in [1.82, 2.24) is 0 Å². The van der Waals surface area contributed by atoms with E-state index >= 15 is 0 Å². The second-order valence-electron chi connectivity index (χ2n) is 6.25. The van der Waals surface area contributed by atoms with E-state index in [1.165, 1.54) is 64.2 Å². The summed E-state index contributed by atoms with van der Waals surface area (Å²) < 4.78 is 0. The molecule has 0 radical (unpaired) electrons. The lowest BCUT2D eigenvalue weighted by molar-refractivity contribution is 0.651. The molecule has 0 aromatic rings. The molecule has 0 nitrogen and oxygen atoms in total. The van der Waals surface area contributed by atoms with Crippen LogP contribution in [0.2, 0.25) is 0 Å². The highest BCUT2D eigenvalue weighted by Gasteiger charge is 1.88. The summed E-state index contributed by atoms with van der Waals surface area (Å²) in [6.07, 6.45) is 35.1. The van der Waals surface area contributed by atoms with Crippen LogP contribution in [0.25, 0.3) is 0 Å². The van der Waals surface area contributed by atoms with Crippen molar-refractivity contribution in [2.45, 2.75) is 97.3 Å². The smallest absolute Gasteiger partial charge is 0.0169 e. The molecule has 0 amide bonds. The fourth-order valence-corrected chi connectivity index (χ4v) is 2.45. The lowest BCUT2D eigenvalue weighted by Crippen LogP contribution is -1.77. The van der Waals surface area contributed by atoms with E-state index < -0.39 is 0 Å². The van der Waals surface area contributed by atoms with Crippen molar-refractivity contribution in [3.8, 4) is 0 Å². The van der Waals surface area contributed by atoms with Crippen LogP contribution >= 0.6 is 0 Å². The topological polar surface area (TPSA) is 0 Å². The molecule has 0 rings (SSSR count). The third-order valence-corrected chi connectivity index (χ3v) is 3.91. The van der Waals surface area contributed by atoms with E-state index in [4.69, 9.17) is 0 Å². The molecule has 0 aliphatic rings. The van der Waals surface area contributed by atoms with Crippen LogP contribution in [0, 0.1) is 0 Å². The fraction of sp³-hybridized carbons (Fsp3) is 0.652. The molecule has 0 aliphatic heterocycles. The summed E-state index contributed by atoms with van der Waals surface area (Å²) in [4.78, 5) is 0. The Balaban J connectivity index is 3.23. The van der Waals surface area contributed by atoms with Crippen molar-refractivity contribution < 1.29 is 0 Å². The van der Waals surface area contributed by atoms with Gasteiger partial charge >= 0.3 is 0 Å². The van der Waals surface area contributed by atoms with Gasteiger partial charge < -0.3 is 0 Å². The van der Waals surface area contributed by atoms with Gasteiger partial charge in [-0.1, -0.05) is 88.1 Å². The summed E-state index contributed by atoms with van der Waals surface area (Å²) >= 11 is 0. The summed E-state index contributed by atoms with van der Waals surface area (Å²) in [7, 11) is 0. The predicted molar refractivity (Wildman–Crippen MR) is 108 cm³/mol. The Labute approximate surface area is 146 Å². The van der Waals surface area contributed by atoms with Crippen molar-refractivity contribution in [3.05, 3.63) is 48.6 Å². The Kier molecular flexibility index (Phi) is 20.0. The molecule has 0 N–H and O–H groups in total. The molecule has 0 aromatic carbocycles. The molecule has 0 aromatic heterocycles. The van der Waals surface area contributed by atoms with Crippen molar-refractivity contribution in [2.75, 3.05) is 0 Å². The average molecular weight is 317 g/mol. The zero-order valence-corrected chi connectivity index (χ0v) is 15.8. The average Bonchev–Trinajstić information content (AvgIpc) is 2.57. The number of hydrogen-bond donors (Lipinski definition) is 0. The number of hydrogen-bond acceptors (Lipinski definition) is 0. The van der Waals surface area contributed by atoms with E-state index in [0.717, 1.165) is 19.3 Å². The molecule has 0 saturated carbocycles. The van der Waals surface area contributed by atoms with E-state index in [9.17, 15) is 0 Å². The summed E-state index contributed by atoms with van der Waals surface area (Å²) in [6.45, 7) is 4.44. The Morgan fingerprint density at radius 2 is 0.870 bits per heavy atom. The summed E-state index contributed by atoms with van der Waals surface area (Å²) in [6, 6.07) is 0. The van der Waals surface area contributed by atoms with Crippen LogP contribution in [-0.4, -0.2) is 0 Å². The molecule has 0 heterocycles. The maximum atomic E-state index is 2.39. The zero-order valence-electron chi connectivity index (χ0n) is 15.8. The van der Waals surface area contributed by atoms with Crippen LogP contribution in [0.4, 0.5) is 0 Å². The van der Waals surface area contributed by atoms with E-state index in [2.05, 4.69) is 62.5 Å². The number of unbranched alkanes of at least 4 members (excludes halogenated alkanes) is 8. The zero-order chi connectivity index (χ0) is 16.8. The van der Waals surface area contributed by atoms with Gasteiger partial charge in [0.15, 0.2) is 0 Å². The predicted octanol–water partition coefficient (Wildman–Crippen LogP) is 8.32. The number of allylic oxidation sites excluding steroid dienone is 8. The van der Waals surface area contributed by atoms with Crippen LogP contribution in [-0.2, 0) is 0 Å². The highest BCUT2D eigenvalue weighted by molar-refractivity contribution is 4.96. The summed E-state index contributed by atoms with van der Waals surface area (Å²) in [5.74, 6) is 0. The van der Waals surface area contributed by atoms with Crippen LogP contribution in [0.15, 0.2) is 48.6 Å². The Bertz CT molecular complexity index is 317. The normalized spacial score (nSPS) is 12.6. The van der Waals surface area contributed by atoms with Gasteiger partial charge in [0.1, 0.15) is 0 Å². The molecule has 0 spiro atoms. The van der Waals surface area contributed by atoms with Gasteiger partial charge in [-0.15, -0.1) is 0 Å². The third kappa shape index (κ3) is 21.0. The Hall–Kier alpha value is -1.04. The van der Waals surface area contributed by atoms with Gasteiger partial charge in [-0.3, -0.25) is 0 Å². The monoisotopic (exact) mass is 316 g/mol. The van der Waals surface area contributed by atoms with Crippen molar-refractivity contribution >= 4 is 0 Å². The van der Waals surface area contributed by atoms with Crippen LogP contribution in [0.3, 0.4) is 0 Å². The molecule has 0 saturated heterocycles. The van der Waals surface area contributed by atoms with Gasteiger partial charge in [0, 0.05) is 0 Å². The van der Waals surface area contributed by atoms with Crippen molar-refractivity contribution in [2.24, 2.45) is 0 Å². The van der Waals surface area contributed by atoms with Gasteiger partial charge in [-0.2, -0.15) is 0 Å². The second kappa shape index (κ2) is 21.0. The first kappa shape index (κ1) is 22.0. The highest BCUT2D eigenvalue weighted by Crippen LogP contribution is 2.07. The second-order valence-corrected chi connectivity index (χ2v) is 6.25. The van der Waals surface area contributed by atoms with E-state index in [-0.39, 0.29) is 0 Å². The fourth-order valence-electron chi connectivity index (χ4n) is 2.45. The lowest BCUT2D eigenvalue weighted by atomic mass is 10.1. The first-order valence-corrected chi connectivity index (χ1v) is 10.0. The standard InChI is InChI=1S/C23H40/c1-3-5-7-9-11-13-15-17-19-21-23-22-20-18-16-14-12-10-8-6-4-2/h5,7,11-14,17,19H,3-4,6,8-10,15-16,18,20-23H2,1-2H3/b7-5-,13-11-,14-12-,19-17-. The minimum Gasteiger partial charge on any atom is -0.0885 e. The van der Waals surface area contributed by atoms with Crippen molar-refractivity contribution in [3.63, 3.8) is 0 Å². The maximum absolute atomic E-state index is 2.39. The third-order valence-electron chi connectivity index (χ3n) is 3.91. The molecule has 0 aliphatic carbocycles. The molecule has 0 heteroatoms. The van der Waals surface area contributed by atoms with Gasteiger partial charge in [0.25, 0.3) is 0 Å². The first-order chi connectivity index (χ1) is 11.4. The molecule has 0 unspecified atom stereocenters. The van der Waals surface area contributed by atoms with Crippen LogP contribution in [0.5, 0.6) is 0 Å². The van der Waals surface area contributed by atoms with Crippen LogP contribution < -0.4 is 0 Å². The molecular weight excluding hydrogens is 276 g/mol. The summed E-state index contributed by atoms with van der Waals surface area (Å²) in [5.41, 5.74) is 0. The Morgan fingerprint density at radius 1 is 0.435 bits per heavy atom. The minimum atomic E-state index is 1.08. The van der Waals surface area contributed by atoms with E-state index in [1.807, 2.05) is 0 Å². The molecule has 0 bridgehead atoms. The molecule has 0 fully saturated rings. The lowest BCUT2D eigenvalue weighted by Gasteiger charge is -1.97. The maximum Gasteiger partial charge on any atom is -0.0169 e. The molecule has 132 valence electrons. The van der Waals surface area contributed by atoms with Gasteiger partial charge in [-0.25, -0.2) is 0 Å². The molecule has 23 heavy (non-hydrogen) atoms. The number of rotatable bonds is 16. The van der Waals surface area contributed by atoms with E-state index in [0.29, 0.717) is 0 Å². The van der Waals surface area contributed by atoms with Crippen LogP contribution in [0.1, 0.15) is 97.3 Å². The van der Waals surface area contributed by atoms with E-state index in [1.54, 1.807) is 0 Å². The van der Waals surface area contributed by atoms with Gasteiger partial charge in [0.05, 0.1) is 0 Å². The highest BCUT2D eigenvalue weighted by atomic mass is 13.9. The van der Waals surface area contributed by atoms with Gasteiger partial charge in [0.2, 0.25) is 0 Å². The first-order valence-electron chi connectivity index (χ1n) is 10.0. The largest absolute Gasteiger partial charge is 0.0885 e. The van der Waals surface area contributed by atoms with Crippen molar-refractivity contribution in [1.29, 1.82) is 0 Å². The SMILES string of the molecule is CC/C=C\C/C=C\C/C=C\CCCCCC/C=C\CCCCC. The summed E-state index contributed by atoms with van der Waals surface area (Å²) in [5, 5.41) is 0. The molecular formula is C23H40. The minimum absolute atomic E-state index is 1.08. The Morgan fingerprint density at radius 3 is 1.39 bits per heavy atom. The van der Waals surface area contributed by atoms with Gasteiger partial charge in [-0.05, 0) is 57.8 Å². The molecule has 0 atom stereocenters. The quantitative estimate of drug-likeness (QED) is 0.198.